The zero-order chi connectivity index (χ0) is 22.2. The van der Waals surface area contributed by atoms with Crippen molar-refractivity contribution in [3.8, 4) is 0 Å². The third kappa shape index (κ3) is 4.05. The molecule has 3 rings (SSSR count). The number of alkyl halides is 6. The molecule has 0 unspecified atom stereocenters. The Morgan fingerprint density at radius 3 is 1.57 bits per heavy atom. The van der Waals surface area contributed by atoms with Gasteiger partial charge in [0.25, 0.3) is 0 Å². The van der Waals surface area contributed by atoms with Crippen LogP contribution >= 0.6 is 0 Å². The minimum absolute atomic E-state index is 0.00110. The minimum Gasteiger partial charge on any atom is -0.373 e. The summed E-state index contributed by atoms with van der Waals surface area (Å²) in [5.41, 5.74) is -3.99. The molecule has 0 saturated carbocycles. The van der Waals surface area contributed by atoms with E-state index in [4.69, 9.17) is 4.74 Å². The molecular weight excluding hydrogens is 414 g/mol. The zero-order valence-corrected chi connectivity index (χ0v) is 15.5. The van der Waals surface area contributed by atoms with Crippen molar-refractivity contribution in [2.75, 3.05) is 7.11 Å². The van der Waals surface area contributed by atoms with Crippen LogP contribution in [-0.4, -0.2) is 21.8 Å². The maximum Gasteiger partial charge on any atom is 0.416 e. The summed E-state index contributed by atoms with van der Waals surface area (Å²) < 4.78 is 84.0. The predicted octanol–water partition coefficient (Wildman–Crippen LogP) is 4.81. The van der Waals surface area contributed by atoms with Gasteiger partial charge in [-0.1, -0.05) is 24.3 Å². The second-order valence-electron chi connectivity index (χ2n) is 6.50. The Hall–Kier alpha value is -2.85. The smallest absolute Gasteiger partial charge is 0.373 e. The molecule has 1 aromatic heterocycles. The molecule has 1 heterocycles. The van der Waals surface area contributed by atoms with E-state index in [-0.39, 0.29) is 23.7 Å². The molecule has 30 heavy (non-hydrogen) atoms. The average molecular weight is 430 g/mol. The van der Waals surface area contributed by atoms with Crippen LogP contribution in [0.5, 0.6) is 0 Å². The fraction of sp³-hybridized carbons (Fsp3) is 0.250. The monoisotopic (exact) mass is 430 g/mol. The molecule has 0 aliphatic heterocycles. The van der Waals surface area contributed by atoms with Gasteiger partial charge in [-0.15, -0.1) is 0 Å². The third-order valence-corrected chi connectivity index (χ3v) is 4.57. The van der Waals surface area contributed by atoms with Gasteiger partial charge in [-0.05, 0) is 35.4 Å². The summed E-state index contributed by atoms with van der Waals surface area (Å²) in [5, 5.41) is 11.6. The number of nitrogens with zero attached hydrogens (tertiary/aromatic N) is 2. The highest BCUT2D eigenvalue weighted by atomic mass is 19.4. The van der Waals surface area contributed by atoms with Crippen LogP contribution in [0, 0.1) is 0 Å². The Morgan fingerprint density at radius 1 is 0.800 bits per heavy atom. The minimum atomic E-state index is -4.58. The summed E-state index contributed by atoms with van der Waals surface area (Å²) in [4.78, 5) is 4.09. The van der Waals surface area contributed by atoms with E-state index >= 15 is 0 Å². The summed E-state index contributed by atoms with van der Waals surface area (Å²) in [5.74, 6) is -0.0242. The number of rotatable bonds is 5. The van der Waals surface area contributed by atoms with Crippen LogP contribution in [0.3, 0.4) is 0 Å². The lowest BCUT2D eigenvalue weighted by molar-refractivity contribution is -0.138. The van der Waals surface area contributed by atoms with E-state index < -0.39 is 29.1 Å². The molecule has 0 bridgehead atoms. The fourth-order valence-electron chi connectivity index (χ4n) is 3.10. The van der Waals surface area contributed by atoms with Crippen LogP contribution in [0.15, 0.2) is 60.9 Å². The SMILES string of the molecule is COCn1ccnc1C(O)(c1ccc(C(F)(F)F)cc1)c1ccc(C(F)(F)F)cc1. The fourth-order valence-corrected chi connectivity index (χ4v) is 3.10. The van der Waals surface area contributed by atoms with Crippen LogP contribution < -0.4 is 0 Å². The van der Waals surface area contributed by atoms with E-state index in [9.17, 15) is 31.4 Å². The average Bonchev–Trinajstić information content (AvgIpc) is 3.15. The summed E-state index contributed by atoms with van der Waals surface area (Å²) in [6, 6.07) is 7.39. The van der Waals surface area contributed by atoms with Crippen molar-refractivity contribution < 1.29 is 36.2 Å². The first-order valence-corrected chi connectivity index (χ1v) is 8.56. The van der Waals surface area contributed by atoms with Crippen LogP contribution in [0.25, 0.3) is 0 Å². The van der Waals surface area contributed by atoms with Crippen LogP contribution in [0.1, 0.15) is 28.1 Å². The molecular formula is C20H16F6N2O2. The van der Waals surface area contributed by atoms with E-state index in [1.165, 1.54) is 24.1 Å². The van der Waals surface area contributed by atoms with Gasteiger partial charge in [0.15, 0.2) is 11.4 Å². The van der Waals surface area contributed by atoms with Crippen molar-refractivity contribution in [1.82, 2.24) is 9.55 Å². The molecule has 160 valence electrons. The van der Waals surface area contributed by atoms with Crippen molar-refractivity contribution in [1.29, 1.82) is 0 Å². The van der Waals surface area contributed by atoms with Gasteiger partial charge in [0.1, 0.15) is 6.73 Å². The van der Waals surface area contributed by atoms with Gasteiger partial charge in [0, 0.05) is 19.5 Å². The summed E-state index contributed by atoms with van der Waals surface area (Å²) in [6.07, 6.45) is -6.36. The summed E-state index contributed by atoms with van der Waals surface area (Å²) >= 11 is 0. The zero-order valence-electron chi connectivity index (χ0n) is 15.5. The van der Waals surface area contributed by atoms with Gasteiger partial charge in [0.2, 0.25) is 0 Å². The van der Waals surface area contributed by atoms with Gasteiger partial charge in [0.05, 0.1) is 11.1 Å². The Labute approximate surface area is 167 Å². The number of hydrogen-bond acceptors (Lipinski definition) is 3. The molecule has 0 aliphatic rings. The maximum absolute atomic E-state index is 12.9. The standard InChI is InChI=1S/C20H16F6N2O2/c1-30-12-28-11-10-27-17(28)18(29,13-2-6-15(7-3-13)19(21,22)23)14-4-8-16(9-5-14)20(24,25)26/h2-11,29H,12H2,1H3. The van der Waals surface area contributed by atoms with E-state index in [0.29, 0.717) is 0 Å². The molecule has 0 radical (unpaired) electrons. The number of methoxy groups -OCH3 is 1. The van der Waals surface area contributed by atoms with E-state index in [1.54, 1.807) is 0 Å². The van der Waals surface area contributed by atoms with Crippen molar-refractivity contribution in [3.63, 3.8) is 0 Å². The lowest BCUT2D eigenvalue weighted by atomic mass is 9.84. The van der Waals surface area contributed by atoms with Crippen LogP contribution in [-0.2, 0) is 29.4 Å². The highest BCUT2D eigenvalue weighted by Gasteiger charge is 2.40. The summed E-state index contributed by atoms with van der Waals surface area (Å²) in [7, 11) is 1.39. The molecule has 0 atom stereocenters. The lowest BCUT2D eigenvalue weighted by Gasteiger charge is -2.30. The first kappa shape index (κ1) is 21.8. The highest BCUT2D eigenvalue weighted by molar-refractivity contribution is 5.45. The van der Waals surface area contributed by atoms with Crippen molar-refractivity contribution in [2.45, 2.75) is 24.7 Å². The second-order valence-corrected chi connectivity index (χ2v) is 6.50. The number of ether oxygens (including phenoxy) is 1. The van der Waals surface area contributed by atoms with Crippen LogP contribution in [0.2, 0.25) is 0 Å². The number of imidazole rings is 1. The van der Waals surface area contributed by atoms with E-state index in [2.05, 4.69) is 4.98 Å². The maximum atomic E-state index is 12.9. The molecule has 0 amide bonds. The Balaban J connectivity index is 2.18. The molecule has 0 aliphatic carbocycles. The van der Waals surface area contributed by atoms with E-state index in [0.717, 1.165) is 48.5 Å². The van der Waals surface area contributed by atoms with Gasteiger partial charge in [-0.3, -0.25) is 0 Å². The molecule has 2 aromatic carbocycles. The van der Waals surface area contributed by atoms with Gasteiger partial charge in [-0.25, -0.2) is 4.98 Å². The van der Waals surface area contributed by atoms with Crippen molar-refractivity contribution in [3.05, 3.63) is 89.0 Å². The predicted molar refractivity (Wildman–Crippen MR) is 94.2 cm³/mol. The summed E-state index contributed by atoms with van der Waals surface area (Å²) in [6.45, 7) is -0.0427. The molecule has 0 fully saturated rings. The number of benzene rings is 2. The largest absolute Gasteiger partial charge is 0.416 e. The Bertz CT molecular complexity index is 934. The van der Waals surface area contributed by atoms with E-state index in [1.807, 2.05) is 0 Å². The molecule has 0 saturated heterocycles. The van der Waals surface area contributed by atoms with Crippen LogP contribution in [0.4, 0.5) is 26.3 Å². The Morgan fingerprint density at radius 2 is 1.20 bits per heavy atom. The molecule has 0 spiro atoms. The number of aromatic nitrogens is 2. The highest BCUT2D eigenvalue weighted by Crippen LogP contribution is 2.39. The first-order chi connectivity index (χ1) is 14.0. The van der Waals surface area contributed by atoms with Crippen molar-refractivity contribution >= 4 is 0 Å². The molecule has 4 nitrogen and oxygen atoms in total. The first-order valence-electron chi connectivity index (χ1n) is 8.56. The lowest BCUT2D eigenvalue weighted by Crippen LogP contribution is -2.33. The van der Waals surface area contributed by atoms with Gasteiger partial charge < -0.3 is 14.4 Å². The van der Waals surface area contributed by atoms with Gasteiger partial charge >= 0.3 is 12.4 Å². The quantitative estimate of drug-likeness (QED) is 0.591. The number of halogens is 6. The molecule has 1 N–H and O–H groups in total. The normalized spacial score (nSPS) is 12.9. The molecule has 10 heteroatoms. The Kier molecular flexibility index (Phi) is 5.66. The van der Waals surface area contributed by atoms with Crippen molar-refractivity contribution in [2.24, 2.45) is 0 Å². The number of aliphatic hydroxyl groups is 1. The topological polar surface area (TPSA) is 47.3 Å². The second kappa shape index (κ2) is 7.77. The van der Waals surface area contributed by atoms with Gasteiger partial charge in [-0.2, -0.15) is 26.3 Å². The number of hydrogen-bond donors (Lipinski definition) is 1. The molecule has 3 aromatic rings. The third-order valence-electron chi connectivity index (χ3n) is 4.57.